The third kappa shape index (κ3) is 3.18. The molecule has 1 heterocycles. The molecule has 1 fully saturated rings. The smallest absolute Gasteiger partial charge is 0.0876 e. The van der Waals surface area contributed by atoms with Crippen molar-refractivity contribution in [2.75, 3.05) is 6.61 Å². The molecule has 0 saturated carbocycles. The van der Waals surface area contributed by atoms with E-state index in [1.54, 1.807) is 6.92 Å². The predicted octanol–water partition coefficient (Wildman–Crippen LogP) is 1.57. The minimum absolute atomic E-state index is 0.241. The van der Waals surface area contributed by atoms with Gasteiger partial charge in [0.25, 0.3) is 0 Å². The van der Waals surface area contributed by atoms with Crippen molar-refractivity contribution < 1.29 is 9.84 Å². The fourth-order valence-electron chi connectivity index (χ4n) is 1.06. The first-order chi connectivity index (χ1) is 4.60. The first kappa shape index (κ1) is 9.92. The van der Waals surface area contributed by atoms with Crippen molar-refractivity contribution in [1.29, 1.82) is 0 Å². The van der Waals surface area contributed by atoms with Gasteiger partial charge in [0.2, 0.25) is 0 Å². The van der Waals surface area contributed by atoms with Gasteiger partial charge in [0.15, 0.2) is 0 Å². The van der Waals surface area contributed by atoms with Gasteiger partial charge in [-0.3, -0.25) is 0 Å². The Morgan fingerprint density at radius 1 is 1.50 bits per heavy atom. The van der Waals surface area contributed by atoms with Crippen LogP contribution in [0.4, 0.5) is 0 Å². The van der Waals surface area contributed by atoms with E-state index >= 15 is 0 Å². The van der Waals surface area contributed by atoms with Gasteiger partial charge < -0.3 is 9.84 Å². The van der Waals surface area contributed by atoms with Crippen LogP contribution in [-0.4, -0.2) is 23.4 Å². The Labute approximate surface area is 63.2 Å². The number of rotatable bonds is 0. The van der Waals surface area contributed by atoms with Crippen molar-refractivity contribution in [3.8, 4) is 0 Å². The monoisotopic (exact) mass is 146 g/mol. The van der Waals surface area contributed by atoms with E-state index in [4.69, 9.17) is 4.74 Å². The van der Waals surface area contributed by atoms with Gasteiger partial charge in [-0.1, -0.05) is 13.8 Å². The van der Waals surface area contributed by atoms with E-state index in [1.807, 2.05) is 20.8 Å². The maximum Gasteiger partial charge on any atom is 0.0876 e. The lowest BCUT2D eigenvalue weighted by atomic mass is 10.0. The van der Waals surface area contributed by atoms with Crippen LogP contribution in [0, 0.1) is 0 Å². The zero-order chi connectivity index (χ0) is 8.20. The molecule has 0 aromatic heterocycles. The summed E-state index contributed by atoms with van der Waals surface area (Å²) in [6.45, 7) is 8.27. The Kier molecular flexibility index (Phi) is 3.91. The Morgan fingerprint density at radius 2 is 2.00 bits per heavy atom. The maximum atomic E-state index is 9.24. The van der Waals surface area contributed by atoms with Crippen molar-refractivity contribution >= 4 is 0 Å². The SMILES string of the molecule is CC.C[C@H]1CC(C)(O)CO1. The quantitative estimate of drug-likeness (QED) is 0.562. The molecule has 1 unspecified atom stereocenters. The number of hydrogen-bond donors (Lipinski definition) is 1. The summed E-state index contributed by atoms with van der Waals surface area (Å²) >= 11 is 0. The third-order valence-corrected chi connectivity index (χ3v) is 1.41. The molecule has 1 N–H and O–H groups in total. The molecular formula is C8H18O2. The summed E-state index contributed by atoms with van der Waals surface area (Å²) in [5.74, 6) is 0. The minimum atomic E-state index is -0.556. The Balaban J connectivity index is 0.000000371. The molecule has 2 atom stereocenters. The largest absolute Gasteiger partial charge is 0.388 e. The van der Waals surface area contributed by atoms with Crippen molar-refractivity contribution in [1.82, 2.24) is 0 Å². The summed E-state index contributed by atoms with van der Waals surface area (Å²) < 4.78 is 5.12. The second kappa shape index (κ2) is 3.94. The number of aliphatic hydroxyl groups is 1. The molecule has 1 saturated heterocycles. The van der Waals surface area contributed by atoms with E-state index < -0.39 is 5.60 Å². The van der Waals surface area contributed by atoms with Gasteiger partial charge in [0.1, 0.15) is 0 Å². The summed E-state index contributed by atoms with van der Waals surface area (Å²) in [6.07, 6.45) is 1.01. The lowest BCUT2D eigenvalue weighted by Gasteiger charge is -2.10. The highest BCUT2D eigenvalue weighted by atomic mass is 16.5. The average molecular weight is 146 g/mol. The van der Waals surface area contributed by atoms with Crippen LogP contribution in [0.5, 0.6) is 0 Å². The summed E-state index contributed by atoms with van der Waals surface area (Å²) in [7, 11) is 0. The first-order valence-corrected chi connectivity index (χ1v) is 3.94. The molecule has 0 aliphatic carbocycles. The Bertz CT molecular complexity index is 89.3. The second-order valence-electron chi connectivity index (χ2n) is 2.82. The summed E-state index contributed by atoms with van der Waals surface area (Å²) in [5.41, 5.74) is -0.556. The highest BCUT2D eigenvalue weighted by Gasteiger charge is 2.30. The van der Waals surface area contributed by atoms with E-state index in [0.717, 1.165) is 6.42 Å². The van der Waals surface area contributed by atoms with Gasteiger partial charge in [-0.2, -0.15) is 0 Å². The standard InChI is InChI=1S/C6H12O2.C2H6/c1-5-3-6(2,7)4-8-5;1-2/h5,7H,3-4H2,1-2H3;1-2H3/t5-,6?;/m0./s1. The normalized spacial score (nSPS) is 38.7. The molecular weight excluding hydrogens is 128 g/mol. The van der Waals surface area contributed by atoms with E-state index in [1.165, 1.54) is 0 Å². The highest BCUT2D eigenvalue weighted by Crippen LogP contribution is 2.22. The van der Waals surface area contributed by atoms with Gasteiger partial charge in [0.05, 0.1) is 18.3 Å². The molecule has 1 aliphatic rings. The molecule has 0 amide bonds. The predicted molar refractivity (Wildman–Crippen MR) is 42.0 cm³/mol. The molecule has 0 bridgehead atoms. The summed E-state index contributed by atoms with van der Waals surface area (Å²) in [4.78, 5) is 0. The van der Waals surface area contributed by atoms with E-state index in [9.17, 15) is 5.11 Å². The highest BCUT2D eigenvalue weighted by molar-refractivity contribution is 4.80. The molecule has 0 spiro atoms. The van der Waals surface area contributed by atoms with Crippen LogP contribution in [-0.2, 0) is 4.74 Å². The fourth-order valence-corrected chi connectivity index (χ4v) is 1.06. The second-order valence-corrected chi connectivity index (χ2v) is 2.82. The van der Waals surface area contributed by atoms with E-state index in [-0.39, 0.29) is 6.10 Å². The molecule has 0 aromatic rings. The van der Waals surface area contributed by atoms with Gasteiger partial charge >= 0.3 is 0 Å². The van der Waals surface area contributed by atoms with Crippen molar-refractivity contribution in [3.63, 3.8) is 0 Å². The molecule has 62 valence electrons. The maximum absolute atomic E-state index is 9.24. The third-order valence-electron chi connectivity index (χ3n) is 1.41. The number of ether oxygens (including phenoxy) is 1. The Hall–Kier alpha value is -0.0800. The minimum Gasteiger partial charge on any atom is -0.388 e. The Morgan fingerprint density at radius 3 is 2.10 bits per heavy atom. The van der Waals surface area contributed by atoms with Gasteiger partial charge in [-0.25, -0.2) is 0 Å². The van der Waals surface area contributed by atoms with Crippen LogP contribution in [0.25, 0.3) is 0 Å². The van der Waals surface area contributed by atoms with Gasteiger partial charge in [0, 0.05) is 6.42 Å². The van der Waals surface area contributed by atoms with Gasteiger partial charge in [-0.15, -0.1) is 0 Å². The molecule has 0 aromatic carbocycles. The molecule has 2 heteroatoms. The summed E-state index contributed by atoms with van der Waals surface area (Å²) in [6, 6.07) is 0. The molecule has 1 aliphatic heterocycles. The van der Waals surface area contributed by atoms with E-state index in [2.05, 4.69) is 0 Å². The van der Waals surface area contributed by atoms with Crippen LogP contribution < -0.4 is 0 Å². The van der Waals surface area contributed by atoms with Crippen LogP contribution in [0.1, 0.15) is 34.1 Å². The van der Waals surface area contributed by atoms with E-state index in [0.29, 0.717) is 6.61 Å². The van der Waals surface area contributed by atoms with Crippen LogP contribution in [0.2, 0.25) is 0 Å². The van der Waals surface area contributed by atoms with Crippen LogP contribution in [0.15, 0.2) is 0 Å². The molecule has 2 nitrogen and oxygen atoms in total. The zero-order valence-electron chi connectivity index (χ0n) is 7.35. The van der Waals surface area contributed by atoms with Crippen LogP contribution in [0.3, 0.4) is 0 Å². The number of hydrogen-bond acceptors (Lipinski definition) is 2. The zero-order valence-corrected chi connectivity index (χ0v) is 7.35. The van der Waals surface area contributed by atoms with Crippen molar-refractivity contribution in [2.45, 2.75) is 45.8 Å². The first-order valence-electron chi connectivity index (χ1n) is 3.94. The fraction of sp³-hybridized carbons (Fsp3) is 1.00. The topological polar surface area (TPSA) is 29.5 Å². The molecule has 1 rings (SSSR count). The molecule has 0 radical (unpaired) electrons. The van der Waals surface area contributed by atoms with Crippen molar-refractivity contribution in [3.05, 3.63) is 0 Å². The van der Waals surface area contributed by atoms with Crippen molar-refractivity contribution in [2.24, 2.45) is 0 Å². The van der Waals surface area contributed by atoms with Crippen LogP contribution >= 0.6 is 0 Å². The lowest BCUT2D eigenvalue weighted by Crippen LogP contribution is -2.23. The lowest BCUT2D eigenvalue weighted by molar-refractivity contribution is 0.0377. The molecule has 10 heavy (non-hydrogen) atoms. The van der Waals surface area contributed by atoms with Gasteiger partial charge in [-0.05, 0) is 13.8 Å². The summed E-state index contributed by atoms with van der Waals surface area (Å²) in [5, 5.41) is 9.24. The average Bonchev–Trinajstić information content (AvgIpc) is 2.15.